The molecule has 0 unspecified atom stereocenters. The van der Waals surface area contributed by atoms with E-state index in [1.807, 2.05) is 0 Å². The maximum atomic E-state index is 11.9. The van der Waals surface area contributed by atoms with Crippen LogP contribution in [0.4, 0.5) is 5.69 Å². The van der Waals surface area contributed by atoms with Crippen LogP contribution < -0.4 is 5.32 Å². The van der Waals surface area contributed by atoms with Crippen LogP contribution in [-0.4, -0.2) is 56.6 Å². The van der Waals surface area contributed by atoms with Gasteiger partial charge in [-0.3, -0.25) is 9.59 Å². The van der Waals surface area contributed by atoms with E-state index in [1.54, 1.807) is 12.1 Å². The molecule has 9 heteroatoms. The molecule has 1 N–H and O–H groups in total. The Morgan fingerprint density at radius 1 is 1.17 bits per heavy atom. The topological polar surface area (TPSA) is 84.9 Å². The summed E-state index contributed by atoms with van der Waals surface area (Å²) in [6, 6.07) is 4.63. The van der Waals surface area contributed by atoms with Gasteiger partial charge in [0.05, 0.1) is 16.6 Å². The molecular weight excluding hydrogens is 347 g/mol. The second-order valence-electron chi connectivity index (χ2n) is 4.52. The Hall–Kier alpha value is -1.83. The summed E-state index contributed by atoms with van der Waals surface area (Å²) in [5, 5.41) is 3.25. The first-order chi connectivity index (χ1) is 10.8. The number of nitrogens with one attached hydrogen (secondary N) is 1. The van der Waals surface area contributed by atoms with Crippen molar-refractivity contribution in [2.45, 2.75) is 0 Å². The Bertz CT molecular complexity index is 595. The fourth-order valence-electron chi connectivity index (χ4n) is 1.49. The molecule has 0 atom stereocenters. The van der Waals surface area contributed by atoms with Crippen molar-refractivity contribution in [3.8, 4) is 0 Å². The van der Waals surface area contributed by atoms with Crippen LogP contribution in [0.1, 0.15) is 0 Å². The molecule has 0 fully saturated rings. The fraction of sp³-hybridized carbons (Fsp3) is 0.357. The number of hydrogen-bond acceptors (Lipinski definition) is 5. The van der Waals surface area contributed by atoms with E-state index in [-0.39, 0.29) is 13.2 Å². The minimum atomic E-state index is -0.658. The first kappa shape index (κ1) is 19.2. The van der Waals surface area contributed by atoms with Crippen molar-refractivity contribution in [1.82, 2.24) is 4.90 Å². The molecule has 0 aromatic heterocycles. The van der Waals surface area contributed by atoms with Gasteiger partial charge in [-0.05, 0) is 18.2 Å². The second kappa shape index (κ2) is 9.34. The zero-order chi connectivity index (χ0) is 17.4. The van der Waals surface area contributed by atoms with Gasteiger partial charge in [0.1, 0.15) is 6.61 Å². The van der Waals surface area contributed by atoms with Gasteiger partial charge < -0.3 is 19.7 Å². The van der Waals surface area contributed by atoms with Gasteiger partial charge in [-0.2, -0.15) is 0 Å². The summed E-state index contributed by atoms with van der Waals surface area (Å²) in [7, 11) is 2.75. The quantitative estimate of drug-likeness (QED) is 0.744. The molecule has 0 radical (unpaired) electrons. The fourth-order valence-corrected chi connectivity index (χ4v) is 1.79. The molecule has 1 aromatic rings. The number of methoxy groups -OCH3 is 1. The summed E-state index contributed by atoms with van der Waals surface area (Å²) >= 11 is 11.6. The smallest absolute Gasteiger partial charge is 0.332 e. The van der Waals surface area contributed by atoms with Crippen molar-refractivity contribution in [2.24, 2.45) is 0 Å². The predicted octanol–water partition coefficient (Wildman–Crippen LogP) is 1.58. The van der Waals surface area contributed by atoms with Gasteiger partial charge in [-0.15, -0.1) is 0 Å². The highest BCUT2D eigenvalue weighted by atomic mass is 35.5. The monoisotopic (exact) mass is 362 g/mol. The summed E-state index contributed by atoms with van der Waals surface area (Å²) < 4.78 is 9.24. The van der Waals surface area contributed by atoms with E-state index < -0.39 is 24.4 Å². The van der Waals surface area contributed by atoms with Crippen molar-refractivity contribution in [3.63, 3.8) is 0 Å². The molecule has 0 heterocycles. The molecular formula is C14H16Cl2N2O5. The van der Waals surface area contributed by atoms with E-state index in [9.17, 15) is 14.4 Å². The standard InChI is InChI=1S/C14H16Cl2N2O5/c1-18(13(20)7-23-14(21)8-22-2)6-12(19)17-9-3-4-10(15)11(16)5-9/h3-5H,6-8H2,1-2H3,(H,17,19). The maximum Gasteiger partial charge on any atom is 0.332 e. The summed E-state index contributed by atoms with van der Waals surface area (Å²) in [6.07, 6.45) is 0. The van der Waals surface area contributed by atoms with Crippen molar-refractivity contribution in [3.05, 3.63) is 28.2 Å². The Labute approximate surface area is 143 Å². The van der Waals surface area contributed by atoms with Gasteiger partial charge in [0.2, 0.25) is 5.91 Å². The van der Waals surface area contributed by atoms with Crippen LogP contribution >= 0.6 is 23.2 Å². The number of rotatable bonds is 7. The van der Waals surface area contributed by atoms with E-state index >= 15 is 0 Å². The number of carbonyl (C=O) groups excluding carboxylic acids is 3. The summed E-state index contributed by atoms with van der Waals surface area (Å²) in [5.74, 6) is -1.60. The highest BCUT2D eigenvalue weighted by molar-refractivity contribution is 6.42. The molecule has 1 rings (SSSR count). The number of halogens is 2. The molecule has 7 nitrogen and oxygen atoms in total. The second-order valence-corrected chi connectivity index (χ2v) is 5.33. The Morgan fingerprint density at radius 2 is 1.87 bits per heavy atom. The maximum absolute atomic E-state index is 11.9. The van der Waals surface area contributed by atoms with Crippen molar-refractivity contribution < 1.29 is 23.9 Å². The number of esters is 1. The van der Waals surface area contributed by atoms with Crippen molar-refractivity contribution in [1.29, 1.82) is 0 Å². The van der Waals surface area contributed by atoms with Crippen LogP contribution in [-0.2, 0) is 23.9 Å². The number of benzene rings is 1. The number of ether oxygens (including phenoxy) is 2. The van der Waals surface area contributed by atoms with Gasteiger partial charge in [0, 0.05) is 19.8 Å². The minimum Gasteiger partial charge on any atom is -0.454 e. The molecule has 23 heavy (non-hydrogen) atoms. The molecule has 0 aliphatic heterocycles. The first-order valence-electron chi connectivity index (χ1n) is 6.47. The van der Waals surface area contributed by atoms with E-state index in [0.29, 0.717) is 15.7 Å². The number of hydrogen-bond donors (Lipinski definition) is 1. The average molecular weight is 363 g/mol. The van der Waals surface area contributed by atoms with E-state index in [0.717, 1.165) is 4.90 Å². The van der Waals surface area contributed by atoms with Crippen molar-refractivity contribution in [2.75, 3.05) is 39.2 Å². The highest BCUT2D eigenvalue weighted by Crippen LogP contribution is 2.24. The third kappa shape index (κ3) is 6.85. The molecule has 0 bridgehead atoms. The third-order valence-corrected chi connectivity index (χ3v) is 3.37. The van der Waals surface area contributed by atoms with Crippen LogP contribution in [0, 0.1) is 0 Å². The number of likely N-dealkylation sites (N-methyl/N-ethyl adjacent to an activating group) is 1. The number of anilines is 1. The first-order valence-corrected chi connectivity index (χ1v) is 7.22. The van der Waals surface area contributed by atoms with Crippen LogP contribution in [0.3, 0.4) is 0 Å². The molecule has 0 spiro atoms. The summed E-state index contributed by atoms with van der Waals surface area (Å²) in [5.41, 5.74) is 0.455. The summed E-state index contributed by atoms with van der Waals surface area (Å²) in [4.78, 5) is 35.8. The largest absolute Gasteiger partial charge is 0.454 e. The zero-order valence-corrected chi connectivity index (χ0v) is 14.1. The third-order valence-electron chi connectivity index (χ3n) is 2.63. The highest BCUT2D eigenvalue weighted by Gasteiger charge is 2.15. The Kier molecular flexibility index (Phi) is 7.80. The van der Waals surface area contributed by atoms with Gasteiger partial charge in [0.25, 0.3) is 5.91 Å². The van der Waals surface area contributed by atoms with Gasteiger partial charge in [-0.25, -0.2) is 4.79 Å². The lowest BCUT2D eigenvalue weighted by atomic mass is 10.3. The molecule has 2 amide bonds. The number of amides is 2. The summed E-state index contributed by atoms with van der Waals surface area (Å²) in [6.45, 7) is -0.908. The SMILES string of the molecule is COCC(=O)OCC(=O)N(C)CC(=O)Nc1ccc(Cl)c(Cl)c1. The molecule has 0 aliphatic rings. The van der Waals surface area contributed by atoms with E-state index in [4.69, 9.17) is 23.2 Å². The molecule has 1 aromatic carbocycles. The molecule has 126 valence electrons. The Morgan fingerprint density at radius 3 is 2.48 bits per heavy atom. The van der Waals surface area contributed by atoms with Gasteiger partial charge >= 0.3 is 5.97 Å². The molecule has 0 saturated heterocycles. The number of nitrogens with zero attached hydrogens (tertiary/aromatic N) is 1. The van der Waals surface area contributed by atoms with Gasteiger partial charge in [0.15, 0.2) is 6.61 Å². The van der Waals surface area contributed by atoms with Crippen molar-refractivity contribution >= 4 is 46.7 Å². The lowest BCUT2D eigenvalue weighted by Crippen LogP contribution is -2.37. The Balaban J connectivity index is 2.44. The van der Waals surface area contributed by atoms with E-state index in [1.165, 1.54) is 20.2 Å². The predicted molar refractivity (Wildman–Crippen MR) is 85.6 cm³/mol. The van der Waals surface area contributed by atoms with Gasteiger partial charge in [-0.1, -0.05) is 23.2 Å². The van der Waals surface area contributed by atoms with Crippen LogP contribution in [0.5, 0.6) is 0 Å². The lowest BCUT2D eigenvalue weighted by Gasteiger charge is -2.16. The van der Waals surface area contributed by atoms with E-state index in [2.05, 4.69) is 14.8 Å². The van der Waals surface area contributed by atoms with Crippen LogP contribution in [0.25, 0.3) is 0 Å². The zero-order valence-electron chi connectivity index (χ0n) is 12.6. The lowest BCUT2D eigenvalue weighted by molar-refractivity contribution is -0.154. The van der Waals surface area contributed by atoms with Crippen LogP contribution in [0.2, 0.25) is 10.0 Å². The molecule has 0 saturated carbocycles. The average Bonchev–Trinajstić information content (AvgIpc) is 2.48. The normalized spacial score (nSPS) is 10.1. The molecule has 0 aliphatic carbocycles. The minimum absolute atomic E-state index is 0.207. The van der Waals surface area contributed by atoms with Crippen LogP contribution in [0.15, 0.2) is 18.2 Å². The number of carbonyl (C=O) groups is 3.